The lowest BCUT2D eigenvalue weighted by atomic mass is 10.4. The maximum atomic E-state index is 10.8. The molecule has 1 unspecified atom stereocenters. The van der Waals surface area contributed by atoms with E-state index in [-0.39, 0.29) is 18.5 Å². The van der Waals surface area contributed by atoms with Crippen LogP contribution in [0.2, 0.25) is 0 Å². The van der Waals surface area contributed by atoms with Gasteiger partial charge >= 0.3 is 0 Å². The van der Waals surface area contributed by atoms with E-state index in [1.807, 2.05) is 6.92 Å². The van der Waals surface area contributed by atoms with E-state index in [0.717, 1.165) is 0 Å². The van der Waals surface area contributed by atoms with Crippen LogP contribution < -0.4 is 10.6 Å². The van der Waals surface area contributed by atoms with E-state index in [4.69, 9.17) is 0 Å². The number of thiol groups is 1. The van der Waals surface area contributed by atoms with Gasteiger partial charge in [0, 0.05) is 11.8 Å². The Morgan fingerprint density at radius 3 is 2.82 bits per heavy atom. The van der Waals surface area contributed by atoms with Crippen molar-refractivity contribution in [1.82, 2.24) is 10.6 Å². The molecule has 11 heavy (non-hydrogen) atoms. The first-order valence-electron chi connectivity index (χ1n) is 3.28. The average molecular weight is 176 g/mol. The second kappa shape index (κ2) is 6.03. The third-order valence-electron chi connectivity index (χ3n) is 1.03. The SMILES string of the molecule is CC(CS)NC(=O)CNC=O. The molecule has 0 aliphatic carbocycles. The van der Waals surface area contributed by atoms with Gasteiger partial charge < -0.3 is 10.6 Å². The van der Waals surface area contributed by atoms with Gasteiger partial charge in [-0.2, -0.15) is 12.6 Å². The lowest BCUT2D eigenvalue weighted by molar-refractivity contribution is -0.122. The summed E-state index contributed by atoms with van der Waals surface area (Å²) < 4.78 is 0. The van der Waals surface area contributed by atoms with Gasteiger partial charge in [0.1, 0.15) is 0 Å². The topological polar surface area (TPSA) is 58.2 Å². The van der Waals surface area contributed by atoms with Crippen LogP contribution >= 0.6 is 12.6 Å². The first-order valence-corrected chi connectivity index (χ1v) is 3.91. The van der Waals surface area contributed by atoms with Crippen LogP contribution in [0.5, 0.6) is 0 Å². The van der Waals surface area contributed by atoms with Crippen LogP contribution in [0.15, 0.2) is 0 Å². The highest BCUT2D eigenvalue weighted by atomic mass is 32.1. The molecule has 5 heteroatoms. The molecule has 0 fully saturated rings. The summed E-state index contributed by atoms with van der Waals surface area (Å²) in [4.78, 5) is 20.6. The molecule has 0 radical (unpaired) electrons. The normalized spacial score (nSPS) is 11.8. The Bertz CT molecular complexity index is 141. The third-order valence-corrected chi connectivity index (χ3v) is 1.57. The molecule has 0 aliphatic rings. The first-order chi connectivity index (χ1) is 5.20. The molecular formula is C6H12N2O2S. The molecule has 0 spiro atoms. The number of rotatable bonds is 5. The van der Waals surface area contributed by atoms with Gasteiger partial charge in [-0.15, -0.1) is 0 Å². The summed E-state index contributed by atoms with van der Waals surface area (Å²) in [5.74, 6) is 0.394. The molecule has 0 aromatic rings. The molecule has 0 saturated carbocycles. The van der Waals surface area contributed by atoms with Crippen molar-refractivity contribution in [3.63, 3.8) is 0 Å². The Kier molecular flexibility index (Phi) is 5.64. The lowest BCUT2D eigenvalue weighted by Crippen LogP contribution is -2.39. The molecule has 2 N–H and O–H groups in total. The molecule has 0 saturated heterocycles. The van der Waals surface area contributed by atoms with Crippen molar-refractivity contribution in [2.45, 2.75) is 13.0 Å². The molecule has 64 valence electrons. The summed E-state index contributed by atoms with van der Waals surface area (Å²) in [6, 6.07) is 0.0410. The highest BCUT2D eigenvalue weighted by molar-refractivity contribution is 7.80. The highest BCUT2D eigenvalue weighted by Crippen LogP contribution is 1.83. The molecule has 2 amide bonds. The van der Waals surface area contributed by atoms with E-state index in [1.54, 1.807) is 0 Å². The average Bonchev–Trinajstić information content (AvgIpc) is 2.00. The van der Waals surface area contributed by atoms with Crippen LogP contribution in [0.25, 0.3) is 0 Å². The van der Waals surface area contributed by atoms with E-state index >= 15 is 0 Å². The largest absolute Gasteiger partial charge is 0.351 e. The molecule has 0 aromatic carbocycles. The van der Waals surface area contributed by atoms with Gasteiger partial charge in [0.2, 0.25) is 12.3 Å². The minimum atomic E-state index is -0.196. The smallest absolute Gasteiger partial charge is 0.239 e. The number of hydrogen-bond donors (Lipinski definition) is 3. The van der Waals surface area contributed by atoms with Gasteiger partial charge in [-0.1, -0.05) is 0 Å². The van der Waals surface area contributed by atoms with Gasteiger partial charge in [0.15, 0.2) is 0 Å². The van der Waals surface area contributed by atoms with Crippen LogP contribution in [0.1, 0.15) is 6.92 Å². The zero-order valence-electron chi connectivity index (χ0n) is 6.33. The zero-order valence-corrected chi connectivity index (χ0v) is 7.23. The van der Waals surface area contributed by atoms with Crippen LogP contribution in [-0.2, 0) is 9.59 Å². The summed E-state index contributed by atoms with van der Waals surface area (Å²) in [5.41, 5.74) is 0. The lowest BCUT2D eigenvalue weighted by Gasteiger charge is -2.09. The predicted octanol–water partition coefficient (Wildman–Crippen LogP) is -0.833. The fourth-order valence-electron chi connectivity index (χ4n) is 0.506. The standard InChI is InChI=1S/C6H12N2O2S/c1-5(3-11)8-6(10)2-7-4-9/h4-5,11H,2-3H2,1H3,(H,7,9)(H,8,10). The molecular weight excluding hydrogens is 164 g/mol. The monoisotopic (exact) mass is 176 g/mol. The van der Waals surface area contributed by atoms with Crippen molar-refractivity contribution >= 4 is 24.9 Å². The van der Waals surface area contributed by atoms with Gasteiger partial charge in [-0.05, 0) is 6.92 Å². The molecule has 0 rings (SSSR count). The molecule has 1 atom stereocenters. The van der Waals surface area contributed by atoms with Crippen LogP contribution in [0.4, 0.5) is 0 Å². The van der Waals surface area contributed by atoms with E-state index in [2.05, 4.69) is 23.3 Å². The zero-order chi connectivity index (χ0) is 8.69. The maximum Gasteiger partial charge on any atom is 0.239 e. The Hall–Kier alpha value is -0.710. The number of hydrogen-bond acceptors (Lipinski definition) is 3. The fourth-order valence-corrected chi connectivity index (χ4v) is 0.597. The Balaban J connectivity index is 3.43. The Labute approximate surface area is 71.1 Å². The molecule has 4 nitrogen and oxygen atoms in total. The minimum absolute atomic E-state index is 0.0294. The molecule has 0 aromatic heterocycles. The number of amides is 2. The van der Waals surface area contributed by atoms with E-state index < -0.39 is 0 Å². The van der Waals surface area contributed by atoms with E-state index in [0.29, 0.717) is 12.2 Å². The number of carbonyl (C=O) groups is 2. The quantitative estimate of drug-likeness (QED) is 0.378. The summed E-state index contributed by atoms with van der Waals surface area (Å²) in [7, 11) is 0. The molecule has 0 bridgehead atoms. The minimum Gasteiger partial charge on any atom is -0.351 e. The number of carbonyl (C=O) groups excluding carboxylic acids is 2. The second-order valence-electron chi connectivity index (χ2n) is 2.15. The van der Waals surface area contributed by atoms with E-state index in [1.165, 1.54) is 0 Å². The van der Waals surface area contributed by atoms with Crippen molar-refractivity contribution in [3.05, 3.63) is 0 Å². The Morgan fingerprint density at radius 2 is 2.36 bits per heavy atom. The van der Waals surface area contributed by atoms with Gasteiger partial charge in [-0.25, -0.2) is 0 Å². The van der Waals surface area contributed by atoms with Crippen LogP contribution in [0.3, 0.4) is 0 Å². The predicted molar refractivity (Wildman–Crippen MR) is 45.5 cm³/mol. The second-order valence-corrected chi connectivity index (χ2v) is 2.52. The van der Waals surface area contributed by atoms with E-state index in [9.17, 15) is 9.59 Å². The van der Waals surface area contributed by atoms with Crippen molar-refractivity contribution in [1.29, 1.82) is 0 Å². The summed E-state index contributed by atoms with van der Waals surface area (Å²) in [6.07, 6.45) is 0.491. The van der Waals surface area contributed by atoms with Gasteiger partial charge in [-0.3, -0.25) is 9.59 Å². The van der Waals surface area contributed by atoms with Crippen molar-refractivity contribution in [3.8, 4) is 0 Å². The van der Waals surface area contributed by atoms with Crippen molar-refractivity contribution < 1.29 is 9.59 Å². The number of nitrogens with one attached hydrogen (secondary N) is 2. The Morgan fingerprint density at radius 1 is 1.73 bits per heavy atom. The fraction of sp³-hybridized carbons (Fsp3) is 0.667. The third kappa shape index (κ3) is 5.72. The van der Waals surface area contributed by atoms with Crippen LogP contribution in [-0.4, -0.2) is 30.7 Å². The molecule has 0 aliphatic heterocycles. The summed E-state index contributed by atoms with van der Waals surface area (Å²) >= 11 is 3.98. The van der Waals surface area contributed by atoms with Crippen molar-refractivity contribution in [2.24, 2.45) is 0 Å². The highest BCUT2D eigenvalue weighted by Gasteiger charge is 2.03. The van der Waals surface area contributed by atoms with Gasteiger partial charge in [0.05, 0.1) is 6.54 Å². The summed E-state index contributed by atoms with van der Waals surface area (Å²) in [6.45, 7) is 1.87. The van der Waals surface area contributed by atoms with Gasteiger partial charge in [0.25, 0.3) is 0 Å². The first kappa shape index (κ1) is 10.3. The summed E-state index contributed by atoms with van der Waals surface area (Å²) in [5, 5.41) is 4.89. The maximum absolute atomic E-state index is 10.8. The van der Waals surface area contributed by atoms with Crippen molar-refractivity contribution in [2.75, 3.05) is 12.3 Å². The molecule has 0 heterocycles. The van der Waals surface area contributed by atoms with Crippen LogP contribution in [0, 0.1) is 0 Å².